The average molecular weight is 381 g/mol. The van der Waals surface area contributed by atoms with Crippen LogP contribution in [0.25, 0.3) is 11.0 Å². The Balaban J connectivity index is 1.58. The first-order valence-corrected chi connectivity index (χ1v) is 9.67. The molecule has 1 N–H and O–H groups in total. The quantitative estimate of drug-likeness (QED) is 0.547. The van der Waals surface area contributed by atoms with Gasteiger partial charge in [0.15, 0.2) is 0 Å². The number of fused-ring (bicyclic) bond motifs is 1. The third-order valence-electron chi connectivity index (χ3n) is 4.59. The number of aryl methyl sites for hydroxylation is 1. The van der Waals surface area contributed by atoms with E-state index in [4.69, 9.17) is 14.5 Å². The molecule has 1 heterocycles. The molecule has 6 nitrogen and oxygen atoms in total. The van der Waals surface area contributed by atoms with Crippen molar-refractivity contribution in [2.24, 2.45) is 0 Å². The lowest BCUT2D eigenvalue weighted by Gasteiger charge is -2.10. The van der Waals surface area contributed by atoms with Crippen molar-refractivity contribution in [3.8, 4) is 5.75 Å². The molecule has 28 heavy (non-hydrogen) atoms. The first-order valence-electron chi connectivity index (χ1n) is 9.67. The van der Waals surface area contributed by atoms with Crippen LogP contribution in [0.15, 0.2) is 48.5 Å². The summed E-state index contributed by atoms with van der Waals surface area (Å²) in [6.07, 6.45) is 1.60. The van der Waals surface area contributed by atoms with Crippen molar-refractivity contribution in [3.63, 3.8) is 0 Å². The Bertz CT molecular complexity index is 920. The summed E-state index contributed by atoms with van der Waals surface area (Å²) in [5, 5.41) is 2.97. The number of benzene rings is 2. The standard InChI is InChI=1S/C22H27N3O3/c1-3-28-15-14-25-20-11-5-4-10-19(20)24-21(25)12-7-13-23-22(26)17-8-6-9-18(16-17)27-2/h4-6,8-11,16H,3,7,12-15H2,1-2H3,(H,23,26). The van der Waals surface area contributed by atoms with Gasteiger partial charge in [-0.05, 0) is 43.7 Å². The molecule has 1 aromatic heterocycles. The second-order valence-corrected chi connectivity index (χ2v) is 6.46. The van der Waals surface area contributed by atoms with Crippen molar-refractivity contribution < 1.29 is 14.3 Å². The van der Waals surface area contributed by atoms with E-state index < -0.39 is 0 Å². The number of imidazole rings is 1. The molecule has 0 saturated carbocycles. The van der Waals surface area contributed by atoms with Crippen LogP contribution in [0.3, 0.4) is 0 Å². The highest BCUT2D eigenvalue weighted by molar-refractivity contribution is 5.94. The highest BCUT2D eigenvalue weighted by Crippen LogP contribution is 2.17. The molecular formula is C22H27N3O3. The van der Waals surface area contributed by atoms with Gasteiger partial charge in [-0.3, -0.25) is 4.79 Å². The Morgan fingerprint density at radius 3 is 2.86 bits per heavy atom. The minimum Gasteiger partial charge on any atom is -0.497 e. The average Bonchev–Trinajstić information content (AvgIpc) is 3.09. The Morgan fingerprint density at radius 2 is 2.04 bits per heavy atom. The van der Waals surface area contributed by atoms with Crippen LogP contribution in [0.4, 0.5) is 0 Å². The predicted octanol–water partition coefficient (Wildman–Crippen LogP) is 3.44. The van der Waals surface area contributed by atoms with E-state index in [1.165, 1.54) is 0 Å². The third kappa shape index (κ3) is 4.89. The summed E-state index contributed by atoms with van der Waals surface area (Å²) in [6, 6.07) is 15.3. The van der Waals surface area contributed by atoms with Gasteiger partial charge in [0.05, 0.1) is 24.8 Å². The van der Waals surface area contributed by atoms with Gasteiger partial charge in [0.1, 0.15) is 11.6 Å². The number of carbonyl (C=O) groups excluding carboxylic acids is 1. The Hall–Kier alpha value is -2.86. The summed E-state index contributed by atoms with van der Waals surface area (Å²) in [7, 11) is 1.59. The van der Waals surface area contributed by atoms with Crippen LogP contribution in [-0.4, -0.2) is 42.3 Å². The van der Waals surface area contributed by atoms with Crippen molar-refractivity contribution in [3.05, 3.63) is 59.9 Å². The minimum absolute atomic E-state index is 0.0938. The van der Waals surface area contributed by atoms with Crippen LogP contribution in [0.1, 0.15) is 29.5 Å². The van der Waals surface area contributed by atoms with Crippen LogP contribution in [0.5, 0.6) is 5.75 Å². The zero-order chi connectivity index (χ0) is 19.8. The number of ether oxygens (including phenoxy) is 2. The molecule has 0 bridgehead atoms. The highest BCUT2D eigenvalue weighted by Gasteiger charge is 2.11. The molecule has 0 saturated heterocycles. The second-order valence-electron chi connectivity index (χ2n) is 6.46. The van der Waals surface area contributed by atoms with Crippen LogP contribution in [-0.2, 0) is 17.7 Å². The first kappa shape index (κ1) is 19.9. The maximum Gasteiger partial charge on any atom is 0.251 e. The van der Waals surface area contributed by atoms with Crippen molar-refractivity contribution in [2.75, 3.05) is 26.9 Å². The topological polar surface area (TPSA) is 65.4 Å². The van der Waals surface area contributed by atoms with Crippen LogP contribution in [0.2, 0.25) is 0 Å². The number of hydrogen-bond acceptors (Lipinski definition) is 4. The Morgan fingerprint density at radius 1 is 1.18 bits per heavy atom. The lowest BCUT2D eigenvalue weighted by Crippen LogP contribution is -2.25. The monoisotopic (exact) mass is 381 g/mol. The largest absolute Gasteiger partial charge is 0.497 e. The summed E-state index contributed by atoms with van der Waals surface area (Å²) < 4.78 is 12.9. The molecule has 148 valence electrons. The van der Waals surface area contributed by atoms with Crippen molar-refractivity contribution >= 4 is 16.9 Å². The van der Waals surface area contributed by atoms with E-state index in [-0.39, 0.29) is 5.91 Å². The molecule has 0 aliphatic heterocycles. The van der Waals surface area contributed by atoms with E-state index in [1.54, 1.807) is 19.2 Å². The Labute approximate surface area is 165 Å². The number of para-hydroxylation sites is 2. The van der Waals surface area contributed by atoms with E-state index in [0.29, 0.717) is 31.1 Å². The summed E-state index contributed by atoms with van der Waals surface area (Å²) >= 11 is 0. The molecule has 0 aliphatic carbocycles. The van der Waals surface area contributed by atoms with Gasteiger partial charge in [-0.1, -0.05) is 18.2 Å². The summed E-state index contributed by atoms with van der Waals surface area (Å²) in [4.78, 5) is 17.1. The van der Waals surface area contributed by atoms with Gasteiger partial charge < -0.3 is 19.4 Å². The Kier molecular flexibility index (Phi) is 7.03. The van der Waals surface area contributed by atoms with Crippen LogP contribution in [0, 0.1) is 0 Å². The number of nitrogens with zero attached hydrogens (tertiary/aromatic N) is 2. The smallest absolute Gasteiger partial charge is 0.251 e. The minimum atomic E-state index is -0.0938. The maximum atomic E-state index is 12.3. The molecule has 0 aliphatic rings. The third-order valence-corrected chi connectivity index (χ3v) is 4.59. The van der Waals surface area contributed by atoms with Gasteiger partial charge in [0.2, 0.25) is 0 Å². The zero-order valence-electron chi connectivity index (χ0n) is 16.5. The molecule has 3 rings (SSSR count). The van der Waals surface area contributed by atoms with E-state index in [2.05, 4.69) is 16.0 Å². The molecule has 2 aromatic carbocycles. The summed E-state index contributed by atoms with van der Waals surface area (Å²) in [5.41, 5.74) is 2.72. The molecular weight excluding hydrogens is 354 g/mol. The number of carbonyl (C=O) groups is 1. The molecule has 0 fully saturated rings. The van der Waals surface area contributed by atoms with Gasteiger partial charge in [-0.2, -0.15) is 0 Å². The molecule has 0 atom stereocenters. The molecule has 3 aromatic rings. The van der Waals surface area contributed by atoms with Crippen molar-refractivity contribution in [2.45, 2.75) is 26.3 Å². The molecule has 6 heteroatoms. The van der Waals surface area contributed by atoms with Crippen molar-refractivity contribution in [1.29, 1.82) is 0 Å². The van der Waals surface area contributed by atoms with E-state index in [1.807, 2.05) is 37.3 Å². The lowest BCUT2D eigenvalue weighted by atomic mass is 10.2. The molecule has 0 spiro atoms. The van der Waals surface area contributed by atoms with Gasteiger partial charge in [0.25, 0.3) is 5.91 Å². The van der Waals surface area contributed by atoms with Crippen molar-refractivity contribution in [1.82, 2.24) is 14.9 Å². The maximum absolute atomic E-state index is 12.3. The SMILES string of the molecule is CCOCCn1c(CCCNC(=O)c2cccc(OC)c2)nc2ccccc21. The van der Waals surface area contributed by atoms with E-state index >= 15 is 0 Å². The first-order chi connectivity index (χ1) is 13.7. The fourth-order valence-electron chi connectivity index (χ4n) is 3.18. The van der Waals surface area contributed by atoms with Gasteiger partial charge in [-0.15, -0.1) is 0 Å². The zero-order valence-corrected chi connectivity index (χ0v) is 16.5. The van der Waals surface area contributed by atoms with E-state index in [9.17, 15) is 4.79 Å². The number of methoxy groups -OCH3 is 1. The van der Waals surface area contributed by atoms with Crippen LogP contribution < -0.4 is 10.1 Å². The van der Waals surface area contributed by atoms with Crippen LogP contribution >= 0.6 is 0 Å². The number of nitrogens with one attached hydrogen (secondary N) is 1. The number of amides is 1. The predicted molar refractivity (Wildman–Crippen MR) is 110 cm³/mol. The molecule has 1 amide bonds. The normalized spacial score (nSPS) is 10.9. The van der Waals surface area contributed by atoms with Gasteiger partial charge in [-0.25, -0.2) is 4.98 Å². The number of aromatic nitrogens is 2. The molecule has 0 unspecified atom stereocenters. The second kappa shape index (κ2) is 9.90. The number of rotatable bonds is 10. The fourth-order valence-corrected chi connectivity index (χ4v) is 3.18. The highest BCUT2D eigenvalue weighted by atomic mass is 16.5. The molecule has 0 radical (unpaired) electrons. The lowest BCUT2D eigenvalue weighted by molar-refractivity contribution is 0.0953. The summed E-state index contributed by atoms with van der Waals surface area (Å²) in [6.45, 7) is 4.73. The van der Waals surface area contributed by atoms with Gasteiger partial charge in [0, 0.05) is 31.7 Å². The van der Waals surface area contributed by atoms with E-state index in [0.717, 1.165) is 36.2 Å². The number of hydrogen-bond donors (Lipinski definition) is 1. The van der Waals surface area contributed by atoms with Gasteiger partial charge >= 0.3 is 0 Å². The summed E-state index contributed by atoms with van der Waals surface area (Å²) in [5.74, 6) is 1.61. The fraction of sp³-hybridized carbons (Fsp3) is 0.364.